The van der Waals surface area contributed by atoms with E-state index in [9.17, 15) is 18.8 Å². The molecule has 0 fully saturated rings. The molecule has 0 aliphatic rings. The highest BCUT2D eigenvalue weighted by Gasteiger charge is 2.36. The molecule has 1 aromatic carbocycles. The van der Waals surface area contributed by atoms with Gasteiger partial charge in [0.15, 0.2) is 0 Å². The van der Waals surface area contributed by atoms with Crippen molar-refractivity contribution in [2.24, 2.45) is 0 Å². The molecule has 0 unspecified atom stereocenters. The number of likely N-dealkylation sites (N-methyl/N-ethyl adjacent to an activating group) is 1. The van der Waals surface area contributed by atoms with Crippen LogP contribution in [0.2, 0.25) is 0 Å². The van der Waals surface area contributed by atoms with Gasteiger partial charge < -0.3 is 14.8 Å². The van der Waals surface area contributed by atoms with E-state index in [4.69, 9.17) is 9.47 Å². The van der Waals surface area contributed by atoms with E-state index in [2.05, 4.69) is 15.5 Å². The van der Waals surface area contributed by atoms with Crippen LogP contribution in [0, 0.1) is 12.7 Å². The SMILES string of the molecule is CCNC(=O)C(C)(C)n1c(=O)c2c(C)c(-n3nccn3)sc2n(C[C@H](OC(C)C)c2cc(F)ccc2OC)c1=O. The standard InChI is InChI=1S/C27H33FN6O5S/c1-8-29-25(36)27(5,6)33-22(35)21-16(4)23(34-30-11-12-31-34)40-24(21)32(26(33)37)14-20(39-15(2)3)18-13-17(28)9-10-19(18)38-7/h9-13,15,20H,8,14H2,1-7H3,(H,29,36)/t20-/m0/s1. The van der Waals surface area contributed by atoms with Gasteiger partial charge in [0, 0.05) is 17.7 Å². The molecule has 0 saturated heterocycles. The molecule has 214 valence electrons. The number of fused-ring (bicyclic) bond motifs is 1. The molecule has 4 aromatic rings. The van der Waals surface area contributed by atoms with Crippen molar-refractivity contribution in [2.45, 2.75) is 65.8 Å². The summed E-state index contributed by atoms with van der Waals surface area (Å²) < 4.78 is 28.5. The predicted octanol–water partition coefficient (Wildman–Crippen LogP) is 3.30. The molecule has 3 heterocycles. The third-order valence-corrected chi connectivity index (χ3v) is 7.84. The van der Waals surface area contributed by atoms with Crippen LogP contribution in [0.15, 0.2) is 40.2 Å². The normalized spacial score (nSPS) is 12.7. The molecule has 0 bridgehead atoms. The Morgan fingerprint density at radius 1 is 1.20 bits per heavy atom. The molecule has 0 aliphatic heterocycles. The lowest BCUT2D eigenvalue weighted by atomic mass is 10.0. The first-order valence-corrected chi connectivity index (χ1v) is 13.7. The fraction of sp³-hybridized carbons (Fsp3) is 0.444. The van der Waals surface area contributed by atoms with E-state index in [1.807, 2.05) is 13.8 Å². The van der Waals surface area contributed by atoms with Crippen molar-refractivity contribution in [3.05, 3.63) is 68.4 Å². The maximum atomic E-state index is 14.4. The zero-order valence-corrected chi connectivity index (χ0v) is 24.3. The number of methoxy groups -OCH3 is 1. The number of carbonyl (C=O) groups excluding carboxylic acids is 1. The summed E-state index contributed by atoms with van der Waals surface area (Å²) in [5.41, 5.74) is -1.88. The minimum absolute atomic E-state index is 0.0922. The molecule has 3 aromatic heterocycles. The summed E-state index contributed by atoms with van der Waals surface area (Å²) in [6.07, 6.45) is 1.89. The third kappa shape index (κ3) is 5.18. The van der Waals surface area contributed by atoms with Gasteiger partial charge in [0.25, 0.3) is 5.56 Å². The van der Waals surface area contributed by atoms with Crippen molar-refractivity contribution in [3.8, 4) is 10.8 Å². The lowest BCUT2D eigenvalue weighted by Crippen LogP contribution is -2.55. The summed E-state index contributed by atoms with van der Waals surface area (Å²) in [5, 5.41) is 11.9. The molecule has 0 saturated carbocycles. The first-order chi connectivity index (χ1) is 18.9. The zero-order valence-electron chi connectivity index (χ0n) is 23.5. The molecular formula is C27H33FN6O5S. The molecular weight excluding hydrogens is 539 g/mol. The number of halogens is 1. The summed E-state index contributed by atoms with van der Waals surface area (Å²) in [6.45, 7) is 10.4. The van der Waals surface area contributed by atoms with E-state index in [1.165, 1.54) is 72.3 Å². The number of thiophene rings is 1. The van der Waals surface area contributed by atoms with Crippen molar-refractivity contribution in [1.82, 2.24) is 29.4 Å². The fourth-order valence-corrected chi connectivity index (χ4v) is 5.86. The van der Waals surface area contributed by atoms with Gasteiger partial charge in [-0.2, -0.15) is 10.2 Å². The molecule has 40 heavy (non-hydrogen) atoms. The second kappa shape index (κ2) is 11.3. The first-order valence-electron chi connectivity index (χ1n) is 12.9. The highest BCUT2D eigenvalue weighted by atomic mass is 32.1. The van der Waals surface area contributed by atoms with Crippen LogP contribution >= 0.6 is 11.3 Å². The van der Waals surface area contributed by atoms with Crippen LogP contribution < -0.4 is 21.3 Å². The maximum absolute atomic E-state index is 14.4. The highest BCUT2D eigenvalue weighted by molar-refractivity contribution is 7.21. The highest BCUT2D eigenvalue weighted by Crippen LogP contribution is 2.34. The number of aromatic nitrogens is 5. The molecule has 1 amide bonds. The van der Waals surface area contributed by atoms with Gasteiger partial charge in [-0.05, 0) is 59.7 Å². The van der Waals surface area contributed by atoms with Gasteiger partial charge in [0.05, 0.1) is 37.5 Å². The van der Waals surface area contributed by atoms with Crippen molar-refractivity contribution in [2.75, 3.05) is 13.7 Å². The molecule has 0 radical (unpaired) electrons. The Morgan fingerprint density at radius 2 is 1.88 bits per heavy atom. The number of aryl methyl sites for hydroxylation is 1. The van der Waals surface area contributed by atoms with Gasteiger partial charge in [0.2, 0.25) is 5.91 Å². The van der Waals surface area contributed by atoms with Crippen molar-refractivity contribution in [1.29, 1.82) is 0 Å². The van der Waals surface area contributed by atoms with Gasteiger partial charge in [-0.15, -0.1) is 4.80 Å². The van der Waals surface area contributed by atoms with Crippen LogP contribution in [0.25, 0.3) is 15.2 Å². The average Bonchev–Trinajstić information content (AvgIpc) is 3.53. The topological polar surface area (TPSA) is 122 Å². The summed E-state index contributed by atoms with van der Waals surface area (Å²) in [7, 11) is 1.47. The summed E-state index contributed by atoms with van der Waals surface area (Å²) in [4.78, 5) is 43.0. The van der Waals surface area contributed by atoms with Crippen molar-refractivity contribution in [3.63, 3.8) is 0 Å². The lowest BCUT2D eigenvalue weighted by Gasteiger charge is -2.28. The first kappa shape index (κ1) is 29.2. The largest absolute Gasteiger partial charge is 0.496 e. The average molecular weight is 573 g/mol. The fourth-order valence-electron chi connectivity index (χ4n) is 4.64. The van der Waals surface area contributed by atoms with Gasteiger partial charge in [-0.3, -0.25) is 14.2 Å². The van der Waals surface area contributed by atoms with Crippen LogP contribution in [0.5, 0.6) is 5.75 Å². The number of amides is 1. The number of nitrogens with one attached hydrogen (secondary N) is 1. The molecule has 4 rings (SSSR count). The number of carbonyl (C=O) groups is 1. The lowest BCUT2D eigenvalue weighted by molar-refractivity contribution is -0.128. The Kier molecular flexibility index (Phi) is 8.26. The maximum Gasteiger partial charge on any atom is 0.333 e. The second-order valence-electron chi connectivity index (χ2n) is 10.0. The molecule has 0 aliphatic carbocycles. The Morgan fingerprint density at radius 3 is 2.48 bits per heavy atom. The molecule has 0 spiro atoms. The van der Waals surface area contributed by atoms with Crippen molar-refractivity contribution >= 4 is 27.5 Å². The smallest absolute Gasteiger partial charge is 0.333 e. The second-order valence-corrected chi connectivity index (χ2v) is 11.0. The van der Waals surface area contributed by atoms with Gasteiger partial charge in [-0.1, -0.05) is 11.3 Å². The monoisotopic (exact) mass is 572 g/mol. The van der Waals surface area contributed by atoms with Crippen LogP contribution in [0.1, 0.15) is 51.8 Å². The number of hydrogen-bond donors (Lipinski definition) is 1. The number of benzene rings is 1. The number of hydrogen-bond acceptors (Lipinski definition) is 8. The Bertz CT molecular complexity index is 1650. The summed E-state index contributed by atoms with van der Waals surface area (Å²) >= 11 is 1.17. The van der Waals surface area contributed by atoms with E-state index in [-0.39, 0.29) is 18.0 Å². The Hall–Kier alpha value is -3.84. The van der Waals surface area contributed by atoms with Crippen LogP contribution in [0.4, 0.5) is 4.39 Å². The van der Waals surface area contributed by atoms with E-state index in [0.29, 0.717) is 33.3 Å². The molecule has 11 nitrogen and oxygen atoms in total. The molecule has 1 N–H and O–H groups in total. The van der Waals surface area contributed by atoms with Crippen LogP contribution in [0.3, 0.4) is 0 Å². The summed E-state index contributed by atoms with van der Waals surface area (Å²) in [6, 6.07) is 4.08. The molecule has 13 heteroatoms. The number of ether oxygens (including phenoxy) is 2. The summed E-state index contributed by atoms with van der Waals surface area (Å²) in [5.74, 6) is -0.591. The van der Waals surface area contributed by atoms with Gasteiger partial charge in [0.1, 0.15) is 33.0 Å². The zero-order chi connectivity index (χ0) is 29.4. The predicted molar refractivity (Wildman–Crippen MR) is 150 cm³/mol. The minimum atomic E-state index is -1.52. The minimum Gasteiger partial charge on any atom is -0.496 e. The van der Waals surface area contributed by atoms with E-state index in [1.54, 1.807) is 13.8 Å². The van der Waals surface area contributed by atoms with E-state index >= 15 is 0 Å². The third-order valence-electron chi connectivity index (χ3n) is 6.56. The van der Waals surface area contributed by atoms with Crippen molar-refractivity contribution < 1.29 is 18.7 Å². The van der Waals surface area contributed by atoms with Crippen LogP contribution in [-0.4, -0.2) is 49.8 Å². The van der Waals surface area contributed by atoms with Gasteiger partial charge in [-0.25, -0.2) is 13.8 Å². The molecule has 1 atom stereocenters. The van der Waals surface area contributed by atoms with Gasteiger partial charge >= 0.3 is 5.69 Å². The van der Waals surface area contributed by atoms with Crippen LogP contribution in [-0.2, 0) is 21.6 Å². The number of nitrogens with zero attached hydrogens (tertiary/aromatic N) is 5. The van der Waals surface area contributed by atoms with E-state index in [0.717, 1.165) is 4.57 Å². The Labute approximate surface area is 234 Å². The Balaban J connectivity index is 2.06. The number of rotatable bonds is 10. The van der Waals surface area contributed by atoms with E-state index < -0.39 is 34.6 Å². The quantitative estimate of drug-likeness (QED) is 0.309.